The van der Waals surface area contributed by atoms with Crippen molar-refractivity contribution in [2.45, 2.75) is 19.8 Å². The molecule has 5 nitrogen and oxygen atoms in total. The molecule has 0 unspecified atom stereocenters. The summed E-state index contributed by atoms with van der Waals surface area (Å²) in [5.74, 6) is 1.16. The third-order valence-corrected chi connectivity index (χ3v) is 3.50. The maximum atomic E-state index is 5.71. The summed E-state index contributed by atoms with van der Waals surface area (Å²) >= 11 is 0. The number of nitrogens with two attached hydrogens (primary N) is 1. The lowest BCUT2D eigenvalue weighted by molar-refractivity contribution is 0.720. The Labute approximate surface area is 120 Å². The largest absolute Gasteiger partial charge is 0.359 e. The smallest absolute Gasteiger partial charge is 0.129 e. The van der Waals surface area contributed by atoms with Gasteiger partial charge in [-0.1, -0.05) is 6.07 Å². The highest BCUT2D eigenvalue weighted by Crippen LogP contribution is 2.22. The molecule has 0 fully saturated rings. The Morgan fingerprint density at radius 3 is 2.75 bits per heavy atom. The van der Waals surface area contributed by atoms with Gasteiger partial charge in [0.15, 0.2) is 0 Å². The zero-order chi connectivity index (χ0) is 14.5. The molecule has 0 aromatic carbocycles. The summed E-state index contributed by atoms with van der Waals surface area (Å²) in [5.41, 5.74) is 9.13. The van der Waals surface area contributed by atoms with Crippen molar-refractivity contribution in [2.75, 3.05) is 25.0 Å². The predicted molar refractivity (Wildman–Crippen MR) is 81.9 cm³/mol. The average Bonchev–Trinajstić information content (AvgIpc) is 2.72. The van der Waals surface area contributed by atoms with Gasteiger partial charge in [0.05, 0.1) is 5.69 Å². The molecular formula is C15H23N5. The molecule has 2 rings (SSSR count). The van der Waals surface area contributed by atoms with Gasteiger partial charge < -0.3 is 10.6 Å². The van der Waals surface area contributed by atoms with E-state index in [0.29, 0.717) is 6.54 Å². The predicted octanol–water partition coefficient (Wildman–Crippen LogP) is 1.30. The minimum absolute atomic E-state index is 0.646. The minimum atomic E-state index is 0.646. The molecular weight excluding hydrogens is 250 g/mol. The van der Waals surface area contributed by atoms with Crippen molar-refractivity contribution in [3.63, 3.8) is 0 Å². The molecule has 0 saturated heterocycles. The Balaban J connectivity index is 2.10. The van der Waals surface area contributed by atoms with Crippen LogP contribution in [0.15, 0.2) is 24.4 Å². The standard InChI is InChI=1S/C15H23N5/c1-12-14(7-9-16)15(20(3)18-12)19(2)11-8-13-6-4-5-10-17-13/h4-6,10H,7-9,11,16H2,1-3H3. The fraction of sp³-hybridized carbons (Fsp3) is 0.467. The molecule has 0 bridgehead atoms. The molecule has 2 aromatic rings. The van der Waals surface area contributed by atoms with Crippen LogP contribution >= 0.6 is 0 Å². The van der Waals surface area contributed by atoms with Gasteiger partial charge in [-0.3, -0.25) is 9.67 Å². The Kier molecular flexibility index (Phi) is 4.74. The summed E-state index contributed by atoms with van der Waals surface area (Å²) in [6.45, 7) is 3.60. The average molecular weight is 273 g/mol. The second-order valence-corrected chi connectivity index (χ2v) is 5.04. The summed E-state index contributed by atoms with van der Waals surface area (Å²) in [6, 6.07) is 6.02. The van der Waals surface area contributed by atoms with E-state index < -0.39 is 0 Å². The molecule has 2 aromatic heterocycles. The van der Waals surface area contributed by atoms with Crippen LogP contribution in [-0.2, 0) is 19.9 Å². The number of rotatable bonds is 6. The Morgan fingerprint density at radius 1 is 1.30 bits per heavy atom. The summed E-state index contributed by atoms with van der Waals surface area (Å²) in [4.78, 5) is 6.60. The first-order valence-electron chi connectivity index (χ1n) is 6.97. The van der Waals surface area contributed by atoms with E-state index in [-0.39, 0.29) is 0 Å². The lowest BCUT2D eigenvalue weighted by atomic mass is 10.1. The van der Waals surface area contributed by atoms with E-state index in [2.05, 4.69) is 28.1 Å². The summed E-state index contributed by atoms with van der Waals surface area (Å²) in [7, 11) is 4.08. The molecule has 0 amide bonds. The first-order valence-corrected chi connectivity index (χ1v) is 6.97. The van der Waals surface area contributed by atoms with Crippen molar-refractivity contribution in [1.29, 1.82) is 0 Å². The van der Waals surface area contributed by atoms with Gasteiger partial charge in [0.2, 0.25) is 0 Å². The van der Waals surface area contributed by atoms with E-state index in [0.717, 1.165) is 36.6 Å². The van der Waals surface area contributed by atoms with Crippen LogP contribution in [-0.4, -0.2) is 34.9 Å². The molecule has 0 aliphatic carbocycles. The van der Waals surface area contributed by atoms with Gasteiger partial charge in [-0.2, -0.15) is 5.10 Å². The second kappa shape index (κ2) is 6.52. The topological polar surface area (TPSA) is 60.0 Å². The van der Waals surface area contributed by atoms with Gasteiger partial charge in [-0.05, 0) is 32.0 Å². The number of nitrogens with zero attached hydrogens (tertiary/aromatic N) is 4. The van der Waals surface area contributed by atoms with Gasteiger partial charge in [-0.25, -0.2) is 0 Å². The van der Waals surface area contributed by atoms with Crippen LogP contribution in [0.25, 0.3) is 0 Å². The van der Waals surface area contributed by atoms with E-state index in [1.54, 1.807) is 0 Å². The Hall–Kier alpha value is -1.88. The summed E-state index contributed by atoms with van der Waals surface area (Å²) in [5, 5.41) is 4.51. The van der Waals surface area contributed by atoms with Gasteiger partial charge >= 0.3 is 0 Å². The van der Waals surface area contributed by atoms with Gasteiger partial charge in [-0.15, -0.1) is 0 Å². The van der Waals surface area contributed by atoms with Gasteiger partial charge in [0.1, 0.15) is 5.82 Å². The number of hydrogen-bond donors (Lipinski definition) is 1. The SMILES string of the molecule is Cc1nn(C)c(N(C)CCc2ccccn2)c1CCN. The fourth-order valence-electron chi connectivity index (χ4n) is 2.54. The highest BCUT2D eigenvalue weighted by atomic mass is 15.4. The van der Waals surface area contributed by atoms with Crippen LogP contribution in [0.2, 0.25) is 0 Å². The van der Waals surface area contributed by atoms with Gasteiger partial charge in [0.25, 0.3) is 0 Å². The fourth-order valence-corrected chi connectivity index (χ4v) is 2.54. The van der Waals surface area contributed by atoms with E-state index in [1.807, 2.05) is 37.0 Å². The highest BCUT2D eigenvalue weighted by Gasteiger charge is 2.16. The first kappa shape index (κ1) is 14.5. The molecule has 0 radical (unpaired) electrons. The van der Waals surface area contributed by atoms with E-state index in [1.165, 1.54) is 5.56 Å². The molecule has 0 aliphatic heterocycles. The molecule has 0 aliphatic rings. The quantitative estimate of drug-likeness (QED) is 0.862. The van der Waals surface area contributed by atoms with Crippen molar-refractivity contribution >= 4 is 5.82 Å². The van der Waals surface area contributed by atoms with Gasteiger partial charge in [0, 0.05) is 44.5 Å². The molecule has 2 heterocycles. The molecule has 20 heavy (non-hydrogen) atoms. The normalized spacial score (nSPS) is 10.8. The monoisotopic (exact) mass is 273 g/mol. The summed E-state index contributed by atoms with van der Waals surface area (Å²) in [6.07, 6.45) is 3.62. The third kappa shape index (κ3) is 3.17. The van der Waals surface area contributed by atoms with Crippen LogP contribution in [0.5, 0.6) is 0 Å². The number of aryl methyl sites for hydroxylation is 2. The Morgan fingerprint density at radius 2 is 2.10 bits per heavy atom. The zero-order valence-electron chi connectivity index (χ0n) is 12.5. The molecule has 0 saturated carbocycles. The van der Waals surface area contributed by atoms with E-state index in [9.17, 15) is 0 Å². The van der Waals surface area contributed by atoms with Crippen LogP contribution < -0.4 is 10.6 Å². The number of anilines is 1. The molecule has 5 heteroatoms. The van der Waals surface area contributed by atoms with Crippen molar-refractivity contribution in [3.05, 3.63) is 41.3 Å². The highest BCUT2D eigenvalue weighted by molar-refractivity contribution is 5.49. The van der Waals surface area contributed by atoms with Crippen molar-refractivity contribution in [3.8, 4) is 0 Å². The first-order chi connectivity index (χ1) is 9.63. The lowest BCUT2D eigenvalue weighted by Gasteiger charge is -2.21. The molecule has 108 valence electrons. The van der Waals surface area contributed by atoms with E-state index in [4.69, 9.17) is 5.73 Å². The van der Waals surface area contributed by atoms with Crippen molar-refractivity contribution in [2.24, 2.45) is 12.8 Å². The Bertz CT molecular complexity index is 547. The molecule has 0 atom stereocenters. The molecule has 2 N–H and O–H groups in total. The second-order valence-electron chi connectivity index (χ2n) is 5.04. The van der Waals surface area contributed by atoms with Crippen LogP contribution in [0.1, 0.15) is 17.0 Å². The molecule has 0 spiro atoms. The third-order valence-electron chi connectivity index (χ3n) is 3.50. The van der Waals surface area contributed by atoms with Crippen LogP contribution in [0.4, 0.5) is 5.82 Å². The summed E-state index contributed by atoms with van der Waals surface area (Å²) < 4.78 is 1.94. The number of aromatic nitrogens is 3. The lowest BCUT2D eigenvalue weighted by Crippen LogP contribution is -2.24. The number of hydrogen-bond acceptors (Lipinski definition) is 4. The maximum Gasteiger partial charge on any atom is 0.129 e. The maximum absolute atomic E-state index is 5.71. The van der Waals surface area contributed by atoms with Crippen molar-refractivity contribution < 1.29 is 0 Å². The van der Waals surface area contributed by atoms with E-state index >= 15 is 0 Å². The van der Waals surface area contributed by atoms with Crippen LogP contribution in [0, 0.1) is 6.92 Å². The van der Waals surface area contributed by atoms with Crippen molar-refractivity contribution in [1.82, 2.24) is 14.8 Å². The van der Waals surface area contributed by atoms with Crippen LogP contribution in [0.3, 0.4) is 0 Å². The minimum Gasteiger partial charge on any atom is -0.359 e. The zero-order valence-corrected chi connectivity index (χ0v) is 12.5. The number of likely N-dealkylation sites (N-methyl/N-ethyl adjacent to an activating group) is 1. The number of pyridine rings is 1.